The van der Waals surface area contributed by atoms with Crippen LogP contribution in [0.15, 0.2) is 73.3 Å². The van der Waals surface area contributed by atoms with E-state index in [0.29, 0.717) is 5.92 Å². The molecule has 44 heavy (non-hydrogen) atoms. The van der Waals surface area contributed by atoms with Crippen molar-refractivity contribution in [3.8, 4) is 33.6 Å². The first-order valence-corrected chi connectivity index (χ1v) is 15.5. The zero-order chi connectivity index (χ0) is 30.0. The SMILES string of the molecule is CN(C)CCCc1cc(F)cc(-c2cncc3[nH]c(-c4n[nH]c5ccc(-c6cncc(CC7CCNCC7)c6)cc45)cc23)c1. The van der Waals surface area contributed by atoms with Crippen LogP contribution in [0, 0.1) is 11.7 Å². The highest BCUT2D eigenvalue weighted by Crippen LogP contribution is 2.35. The fourth-order valence-corrected chi connectivity index (χ4v) is 6.53. The third kappa shape index (κ3) is 6.00. The van der Waals surface area contributed by atoms with Crippen molar-refractivity contribution in [1.29, 1.82) is 0 Å². The van der Waals surface area contributed by atoms with Crippen molar-refractivity contribution in [3.05, 3.63) is 90.3 Å². The van der Waals surface area contributed by atoms with E-state index in [0.717, 1.165) is 99.9 Å². The molecule has 3 N–H and O–H groups in total. The van der Waals surface area contributed by atoms with E-state index in [1.165, 1.54) is 18.4 Å². The van der Waals surface area contributed by atoms with Crippen molar-refractivity contribution >= 4 is 21.8 Å². The number of piperidine rings is 1. The summed E-state index contributed by atoms with van der Waals surface area (Å²) in [4.78, 5) is 14.8. The Balaban J connectivity index is 1.21. The smallest absolute Gasteiger partial charge is 0.124 e. The summed E-state index contributed by atoms with van der Waals surface area (Å²) < 4.78 is 14.8. The van der Waals surface area contributed by atoms with Crippen molar-refractivity contribution in [2.75, 3.05) is 33.7 Å². The number of hydrogen-bond acceptors (Lipinski definition) is 5. The predicted molar refractivity (Wildman–Crippen MR) is 176 cm³/mol. The molecule has 1 fully saturated rings. The van der Waals surface area contributed by atoms with E-state index in [1.807, 2.05) is 24.8 Å². The monoisotopic (exact) mass is 587 g/mol. The molecule has 0 unspecified atom stereocenters. The second-order valence-corrected chi connectivity index (χ2v) is 12.4. The standard InChI is InChI=1S/C36H38FN7/c1-44(2)11-3-4-24-13-27(16-29(37)15-24)32-21-40-22-35-30(32)18-34(41-35)36-31-17-26(5-6-33(31)42-43-36)28-14-25(19-39-20-28)12-23-7-9-38-10-8-23/h5-6,13-23,38,41H,3-4,7-12H2,1-2H3,(H,42,43). The van der Waals surface area contributed by atoms with Gasteiger partial charge in [0.25, 0.3) is 0 Å². The molecule has 0 atom stereocenters. The summed E-state index contributed by atoms with van der Waals surface area (Å²) in [6, 6.07) is 16.1. The number of halogens is 1. The van der Waals surface area contributed by atoms with Gasteiger partial charge in [0.05, 0.1) is 22.9 Å². The molecule has 0 spiro atoms. The molecule has 0 aliphatic carbocycles. The average molecular weight is 588 g/mol. The average Bonchev–Trinajstić information content (AvgIpc) is 3.65. The number of H-pyrrole nitrogens is 2. The van der Waals surface area contributed by atoms with Gasteiger partial charge in [0, 0.05) is 40.5 Å². The molecular formula is C36H38FN7. The molecule has 2 aromatic carbocycles. The summed E-state index contributed by atoms with van der Waals surface area (Å²) in [5.41, 5.74) is 9.82. The van der Waals surface area contributed by atoms with Crippen molar-refractivity contribution < 1.29 is 4.39 Å². The Hall–Kier alpha value is -4.40. The van der Waals surface area contributed by atoms with E-state index < -0.39 is 0 Å². The van der Waals surface area contributed by atoms with E-state index in [-0.39, 0.29) is 5.82 Å². The molecule has 4 aromatic heterocycles. The second-order valence-electron chi connectivity index (χ2n) is 12.4. The summed E-state index contributed by atoms with van der Waals surface area (Å²) in [6.45, 7) is 3.16. The summed E-state index contributed by atoms with van der Waals surface area (Å²) in [5, 5.41) is 13.4. The number of hydrogen-bond donors (Lipinski definition) is 3. The second kappa shape index (κ2) is 12.3. The van der Waals surface area contributed by atoms with E-state index in [9.17, 15) is 4.39 Å². The molecule has 1 aliphatic rings. The fraction of sp³-hybridized carbons (Fsp3) is 0.306. The molecule has 0 radical (unpaired) electrons. The number of fused-ring (bicyclic) bond motifs is 2. The molecule has 8 heteroatoms. The van der Waals surface area contributed by atoms with Gasteiger partial charge in [-0.05, 0) is 130 Å². The van der Waals surface area contributed by atoms with Gasteiger partial charge < -0.3 is 15.2 Å². The Bertz CT molecular complexity index is 1920. The van der Waals surface area contributed by atoms with Crippen molar-refractivity contribution in [3.63, 3.8) is 0 Å². The van der Waals surface area contributed by atoms with Crippen LogP contribution in [0.5, 0.6) is 0 Å². The molecule has 7 rings (SSSR count). The highest BCUT2D eigenvalue weighted by molar-refractivity contribution is 6.01. The van der Waals surface area contributed by atoms with E-state index in [4.69, 9.17) is 5.10 Å². The third-order valence-electron chi connectivity index (χ3n) is 8.81. The maximum Gasteiger partial charge on any atom is 0.124 e. The minimum Gasteiger partial charge on any atom is -0.352 e. The predicted octanol–water partition coefficient (Wildman–Crippen LogP) is 7.01. The Kier molecular flexibility index (Phi) is 7.93. The molecule has 0 amide bonds. The van der Waals surface area contributed by atoms with E-state index >= 15 is 0 Å². The molecule has 224 valence electrons. The number of nitrogens with one attached hydrogen (secondary N) is 3. The highest BCUT2D eigenvalue weighted by atomic mass is 19.1. The van der Waals surface area contributed by atoms with Crippen LogP contribution >= 0.6 is 0 Å². The zero-order valence-electron chi connectivity index (χ0n) is 25.3. The zero-order valence-corrected chi connectivity index (χ0v) is 25.3. The first kappa shape index (κ1) is 28.4. The van der Waals surface area contributed by atoms with Crippen molar-refractivity contribution in [1.82, 2.24) is 35.4 Å². The molecule has 7 nitrogen and oxygen atoms in total. The summed E-state index contributed by atoms with van der Waals surface area (Å²) in [6.07, 6.45) is 12.9. The van der Waals surface area contributed by atoms with E-state index in [1.54, 1.807) is 12.1 Å². The fourth-order valence-electron chi connectivity index (χ4n) is 6.53. The summed E-state index contributed by atoms with van der Waals surface area (Å²) in [5.74, 6) is 0.481. The van der Waals surface area contributed by atoms with Gasteiger partial charge in [-0.15, -0.1) is 0 Å². The third-order valence-corrected chi connectivity index (χ3v) is 8.81. The lowest BCUT2D eigenvalue weighted by molar-refractivity contribution is 0.372. The van der Waals surface area contributed by atoms with Crippen LogP contribution in [-0.2, 0) is 12.8 Å². The van der Waals surface area contributed by atoms with Crippen LogP contribution in [-0.4, -0.2) is 63.8 Å². The van der Waals surface area contributed by atoms with Gasteiger partial charge in [-0.2, -0.15) is 5.10 Å². The first-order chi connectivity index (χ1) is 21.5. The molecule has 0 saturated carbocycles. The van der Waals surface area contributed by atoms with Crippen LogP contribution in [0.3, 0.4) is 0 Å². The number of benzene rings is 2. The van der Waals surface area contributed by atoms with Crippen LogP contribution in [0.1, 0.15) is 30.4 Å². The Morgan fingerprint density at radius 3 is 2.52 bits per heavy atom. The van der Waals surface area contributed by atoms with Gasteiger partial charge in [0.15, 0.2) is 0 Å². The molecule has 1 saturated heterocycles. The van der Waals surface area contributed by atoms with Gasteiger partial charge in [-0.25, -0.2) is 4.39 Å². The van der Waals surface area contributed by atoms with Crippen molar-refractivity contribution in [2.24, 2.45) is 5.92 Å². The molecule has 5 heterocycles. The Morgan fingerprint density at radius 1 is 0.818 bits per heavy atom. The minimum absolute atomic E-state index is 0.227. The van der Waals surface area contributed by atoms with Crippen LogP contribution < -0.4 is 5.32 Å². The maximum absolute atomic E-state index is 14.8. The quantitative estimate of drug-likeness (QED) is 0.169. The lowest BCUT2D eigenvalue weighted by atomic mass is 9.91. The molecule has 1 aliphatic heterocycles. The van der Waals surface area contributed by atoms with Gasteiger partial charge in [-0.3, -0.25) is 15.1 Å². The largest absolute Gasteiger partial charge is 0.352 e. The van der Waals surface area contributed by atoms with Gasteiger partial charge >= 0.3 is 0 Å². The van der Waals surface area contributed by atoms with Gasteiger partial charge in [-0.1, -0.05) is 12.1 Å². The first-order valence-electron chi connectivity index (χ1n) is 15.5. The van der Waals surface area contributed by atoms with Crippen molar-refractivity contribution in [2.45, 2.75) is 32.1 Å². The number of pyridine rings is 2. The number of aryl methyl sites for hydroxylation is 1. The molecular weight excluding hydrogens is 549 g/mol. The number of nitrogens with zero attached hydrogens (tertiary/aromatic N) is 4. The lowest BCUT2D eigenvalue weighted by Crippen LogP contribution is -2.28. The van der Waals surface area contributed by atoms with Crippen LogP contribution in [0.2, 0.25) is 0 Å². The maximum atomic E-state index is 14.8. The minimum atomic E-state index is -0.227. The Labute approximate surface area is 256 Å². The summed E-state index contributed by atoms with van der Waals surface area (Å²) >= 11 is 0. The van der Waals surface area contributed by atoms with Crippen LogP contribution in [0.4, 0.5) is 4.39 Å². The number of aromatic nitrogens is 5. The van der Waals surface area contributed by atoms with Gasteiger partial charge in [0.1, 0.15) is 11.5 Å². The summed E-state index contributed by atoms with van der Waals surface area (Å²) in [7, 11) is 4.11. The number of aromatic amines is 2. The normalized spacial score (nSPS) is 14.3. The topological polar surface area (TPSA) is 85.5 Å². The van der Waals surface area contributed by atoms with E-state index in [2.05, 4.69) is 80.8 Å². The Morgan fingerprint density at radius 2 is 1.66 bits per heavy atom. The van der Waals surface area contributed by atoms with Gasteiger partial charge in [0.2, 0.25) is 0 Å². The molecule has 0 bridgehead atoms. The lowest BCUT2D eigenvalue weighted by Gasteiger charge is -2.22. The highest BCUT2D eigenvalue weighted by Gasteiger charge is 2.17. The molecule has 6 aromatic rings. The van der Waals surface area contributed by atoms with Crippen LogP contribution in [0.25, 0.3) is 55.4 Å². The number of rotatable bonds is 9.